The first-order chi connectivity index (χ1) is 14.1. The zero-order chi connectivity index (χ0) is 20.6. The summed E-state index contributed by atoms with van der Waals surface area (Å²) < 4.78 is 4.80. The number of carbonyl (C=O) groups is 3. The van der Waals surface area contributed by atoms with Gasteiger partial charge in [-0.15, -0.1) is 0 Å². The van der Waals surface area contributed by atoms with Crippen LogP contribution in [0.4, 0.5) is 0 Å². The van der Waals surface area contributed by atoms with E-state index < -0.39 is 17.9 Å². The molecule has 2 N–H and O–H groups in total. The van der Waals surface area contributed by atoms with E-state index in [1.165, 1.54) is 7.11 Å². The number of hydrogen-bond acceptors (Lipinski definition) is 5. The number of carbonyl (C=O) groups excluding carboxylic acids is 3. The summed E-state index contributed by atoms with van der Waals surface area (Å²) in [6.07, 6.45) is 0.176. The molecular formula is C22H21N3O4. The highest BCUT2D eigenvalue weighted by molar-refractivity contribution is 5.96. The van der Waals surface area contributed by atoms with Crippen molar-refractivity contribution < 1.29 is 19.1 Å². The summed E-state index contributed by atoms with van der Waals surface area (Å²) >= 11 is 0. The number of aromatic nitrogens is 1. The van der Waals surface area contributed by atoms with Gasteiger partial charge in [0.05, 0.1) is 19.2 Å². The van der Waals surface area contributed by atoms with Gasteiger partial charge in [0.25, 0.3) is 5.91 Å². The van der Waals surface area contributed by atoms with Crippen molar-refractivity contribution in [2.24, 2.45) is 0 Å². The molecule has 148 valence electrons. The highest BCUT2D eigenvalue weighted by Crippen LogP contribution is 2.13. The molecule has 0 fully saturated rings. The number of pyridine rings is 1. The Kier molecular flexibility index (Phi) is 6.52. The van der Waals surface area contributed by atoms with Crippen LogP contribution in [0.3, 0.4) is 0 Å². The summed E-state index contributed by atoms with van der Waals surface area (Å²) in [7, 11) is 1.26. The monoisotopic (exact) mass is 391 g/mol. The Balaban J connectivity index is 1.62. The predicted molar refractivity (Wildman–Crippen MR) is 108 cm³/mol. The number of hydrogen-bond donors (Lipinski definition) is 2. The molecule has 1 aromatic heterocycles. The van der Waals surface area contributed by atoms with Crippen molar-refractivity contribution in [1.82, 2.24) is 15.6 Å². The van der Waals surface area contributed by atoms with Gasteiger partial charge in [-0.3, -0.25) is 14.6 Å². The minimum atomic E-state index is -0.908. The minimum absolute atomic E-state index is 0.176. The van der Waals surface area contributed by atoms with Gasteiger partial charge in [-0.1, -0.05) is 42.5 Å². The smallest absolute Gasteiger partial charge is 0.328 e. The third kappa shape index (κ3) is 5.38. The lowest BCUT2D eigenvalue weighted by molar-refractivity contribution is -0.144. The Morgan fingerprint density at radius 2 is 1.69 bits per heavy atom. The van der Waals surface area contributed by atoms with E-state index in [1.807, 2.05) is 36.4 Å². The molecule has 0 saturated heterocycles. The average Bonchev–Trinajstić information content (AvgIpc) is 2.77. The summed E-state index contributed by atoms with van der Waals surface area (Å²) in [4.78, 5) is 41.0. The molecule has 7 nitrogen and oxygen atoms in total. The Morgan fingerprint density at radius 3 is 2.45 bits per heavy atom. The lowest BCUT2D eigenvalue weighted by Crippen LogP contribution is -2.47. The van der Waals surface area contributed by atoms with Crippen LogP contribution in [-0.4, -0.2) is 42.5 Å². The van der Waals surface area contributed by atoms with Crippen LogP contribution in [-0.2, 0) is 20.7 Å². The van der Waals surface area contributed by atoms with Gasteiger partial charge in [0, 0.05) is 23.1 Å². The molecule has 0 radical (unpaired) electrons. The number of para-hydroxylation sites is 1. The fourth-order valence-electron chi connectivity index (χ4n) is 2.86. The van der Waals surface area contributed by atoms with Gasteiger partial charge in [0.15, 0.2) is 0 Å². The van der Waals surface area contributed by atoms with E-state index in [9.17, 15) is 14.4 Å². The van der Waals surface area contributed by atoms with E-state index in [-0.39, 0.29) is 18.9 Å². The van der Waals surface area contributed by atoms with Crippen LogP contribution >= 0.6 is 0 Å². The first kappa shape index (κ1) is 20.0. The average molecular weight is 391 g/mol. The number of ether oxygens (including phenoxy) is 1. The molecule has 0 aliphatic heterocycles. The topological polar surface area (TPSA) is 97.4 Å². The molecule has 2 amide bonds. The third-order valence-corrected chi connectivity index (χ3v) is 4.34. The molecule has 0 bridgehead atoms. The van der Waals surface area contributed by atoms with E-state index in [1.54, 1.807) is 30.3 Å². The van der Waals surface area contributed by atoms with E-state index in [0.717, 1.165) is 10.9 Å². The second-order valence-electron chi connectivity index (χ2n) is 6.39. The van der Waals surface area contributed by atoms with Gasteiger partial charge in [-0.2, -0.15) is 0 Å². The number of benzene rings is 2. The zero-order valence-corrected chi connectivity index (χ0v) is 15.9. The van der Waals surface area contributed by atoms with E-state index in [4.69, 9.17) is 4.74 Å². The van der Waals surface area contributed by atoms with Gasteiger partial charge in [-0.05, 0) is 24.3 Å². The maximum Gasteiger partial charge on any atom is 0.328 e. The van der Waals surface area contributed by atoms with Crippen molar-refractivity contribution in [3.63, 3.8) is 0 Å². The van der Waals surface area contributed by atoms with Crippen LogP contribution in [0.15, 0.2) is 66.7 Å². The molecule has 0 saturated carbocycles. The van der Waals surface area contributed by atoms with Crippen LogP contribution in [0, 0.1) is 0 Å². The summed E-state index contributed by atoms with van der Waals surface area (Å²) in [5, 5.41) is 6.12. The largest absolute Gasteiger partial charge is 0.467 e. The second-order valence-corrected chi connectivity index (χ2v) is 6.39. The van der Waals surface area contributed by atoms with Crippen molar-refractivity contribution in [2.45, 2.75) is 12.5 Å². The van der Waals surface area contributed by atoms with Crippen LogP contribution in [0.25, 0.3) is 10.9 Å². The van der Waals surface area contributed by atoms with Gasteiger partial charge < -0.3 is 15.4 Å². The van der Waals surface area contributed by atoms with Crippen LogP contribution < -0.4 is 10.6 Å². The second kappa shape index (κ2) is 9.45. The molecule has 0 aliphatic carbocycles. The molecule has 3 rings (SSSR count). The molecule has 0 unspecified atom stereocenters. The molecule has 3 aromatic rings. The Morgan fingerprint density at radius 1 is 0.966 bits per heavy atom. The van der Waals surface area contributed by atoms with Crippen LogP contribution in [0.5, 0.6) is 0 Å². The van der Waals surface area contributed by atoms with Gasteiger partial charge in [0.2, 0.25) is 5.91 Å². The molecule has 7 heteroatoms. The normalized spacial score (nSPS) is 11.5. The lowest BCUT2D eigenvalue weighted by atomic mass is 10.1. The molecule has 2 aromatic carbocycles. The van der Waals surface area contributed by atoms with E-state index in [0.29, 0.717) is 11.3 Å². The number of nitrogens with one attached hydrogen (secondary N) is 2. The third-order valence-electron chi connectivity index (χ3n) is 4.34. The SMILES string of the molecule is COC(=O)[C@H](Cc1ccc2ccccc2n1)NC(=O)CNC(=O)c1ccccc1. The standard InChI is InChI=1S/C22H21N3O4/c1-29-22(28)19(13-17-12-11-15-7-5-6-10-18(15)24-17)25-20(26)14-23-21(27)16-8-3-2-4-9-16/h2-12,19H,13-14H2,1H3,(H,23,27)(H,25,26)/t19-/m0/s1. The number of fused-ring (bicyclic) bond motifs is 1. The number of methoxy groups -OCH3 is 1. The fraction of sp³-hybridized carbons (Fsp3) is 0.182. The summed E-state index contributed by atoms with van der Waals surface area (Å²) in [6, 6.07) is 19.0. The van der Waals surface area contributed by atoms with Gasteiger partial charge in [-0.25, -0.2) is 4.79 Å². The van der Waals surface area contributed by atoms with Crippen molar-refractivity contribution in [2.75, 3.05) is 13.7 Å². The van der Waals surface area contributed by atoms with Crippen LogP contribution in [0.1, 0.15) is 16.1 Å². The first-order valence-corrected chi connectivity index (χ1v) is 9.12. The maximum atomic E-state index is 12.3. The summed E-state index contributed by atoms with van der Waals surface area (Å²) in [5.74, 6) is -1.44. The maximum absolute atomic E-state index is 12.3. The molecule has 1 atom stereocenters. The molecule has 1 heterocycles. The van der Waals surface area contributed by atoms with E-state index >= 15 is 0 Å². The van der Waals surface area contributed by atoms with Gasteiger partial charge in [0.1, 0.15) is 6.04 Å². The molecule has 0 aliphatic rings. The fourth-order valence-corrected chi connectivity index (χ4v) is 2.86. The lowest BCUT2D eigenvalue weighted by Gasteiger charge is -2.16. The molecule has 0 spiro atoms. The van der Waals surface area contributed by atoms with E-state index in [2.05, 4.69) is 15.6 Å². The summed E-state index contributed by atoms with van der Waals surface area (Å²) in [6.45, 7) is -0.258. The number of esters is 1. The number of amides is 2. The van der Waals surface area contributed by atoms with Crippen molar-refractivity contribution in [3.05, 3.63) is 78.0 Å². The molecule has 29 heavy (non-hydrogen) atoms. The predicted octanol–water partition coefficient (Wildman–Crippen LogP) is 1.87. The van der Waals surface area contributed by atoms with Crippen molar-refractivity contribution in [3.8, 4) is 0 Å². The van der Waals surface area contributed by atoms with Crippen molar-refractivity contribution >= 4 is 28.7 Å². The quantitative estimate of drug-likeness (QED) is 0.599. The van der Waals surface area contributed by atoms with Gasteiger partial charge >= 0.3 is 5.97 Å². The molecular weight excluding hydrogens is 370 g/mol. The highest BCUT2D eigenvalue weighted by atomic mass is 16.5. The number of nitrogens with zero attached hydrogens (tertiary/aromatic N) is 1. The number of rotatable bonds is 7. The Labute approximate surface area is 168 Å². The van der Waals surface area contributed by atoms with Crippen LogP contribution in [0.2, 0.25) is 0 Å². The van der Waals surface area contributed by atoms with Crippen molar-refractivity contribution in [1.29, 1.82) is 0 Å². The first-order valence-electron chi connectivity index (χ1n) is 9.12. The highest BCUT2D eigenvalue weighted by Gasteiger charge is 2.23. The Hall–Kier alpha value is -3.74. The Bertz CT molecular complexity index is 1020. The minimum Gasteiger partial charge on any atom is -0.467 e. The summed E-state index contributed by atoms with van der Waals surface area (Å²) in [5.41, 5.74) is 1.90. The zero-order valence-electron chi connectivity index (χ0n) is 15.9.